The molecule has 4 rings (SSSR count). The van der Waals surface area contributed by atoms with Gasteiger partial charge >= 0.3 is 0 Å². The maximum Gasteiger partial charge on any atom is 0.269 e. The van der Waals surface area contributed by atoms with Crippen molar-refractivity contribution in [3.8, 4) is 9.75 Å². The highest BCUT2D eigenvalue weighted by Gasteiger charge is 2.30. The number of thiophene rings is 2. The number of hydrogen-bond acceptors (Lipinski definition) is 7. The van der Waals surface area contributed by atoms with Gasteiger partial charge in [0.1, 0.15) is 4.32 Å². The number of thioether (sulfide) groups is 1. The quantitative estimate of drug-likeness (QED) is 0.360. The first kappa shape index (κ1) is 23.4. The molecule has 1 aliphatic heterocycles. The van der Waals surface area contributed by atoms with Crippen molar-refractivity contribution in [1.82, 2.24) is 9.47 Å². The van der Waals surface area contributed by atoms with Gasteiger partial charge in [-0.1, -0.05) is 30.6 Å². The Hall–Kier alpha value is -1.78. The molecule has 0 atom stereocenters. The molecule has 0 bridgehead atoms. The molecule has 1 aliphatic rings. The molecule has 166 valence electrons. The van der Waals surface area contributed by atoms with Gasteiger partial charge in [-0.25, -0.2) is 0 Å². The molecule has 0 spiro atoms. The molecule has 9 heteroatoms. The van der Waals surface area contributed by atoms with Crippen molar-refractivity contribution >= 4 is 86.9 Å². The molecule has 0 saturated carbocycles. The van der Waals surface area contributed by atoms with Crippen LogP contribution in [0.15, 0.2) is 21.8 Å². The van der Waals surface area contributed by atoms with Gasteiger partial charge in [0.05, 0.1) is 14.1 Å². The van der Waals surface area contributed by atoms with E-state index in [-0.39, 0.29) is 11.5 Å². The first-order valence-electron chi connectivity index (χ1n) is 10.1. The van der Waals surface area contributed by atoms with E-state index in [2.05, 4.69) is 32.6 Å². The highest BCUT2D eigenvalue weighted by molar-refractivity contribution is 8.26. The van der Waals surface area contributed by atoms with Gasteiger partial charge in [-0.15, -0.1) is 34.0 Å². The lowest BCUT2D eigenvalue weighted by Gasteiger charge is -2.09. The van der Waals surface area contributed by atoms with Gasteiger partial charge in [0, 0.05) is 32.6 Å². The molecule has 3 aromatic rings. The molecule has 1 fully saturated rings. The Kier molecular flexibility index (Phi) is 6.74. The summed E-state index contributed by atoms with van der Waals surface area (Å²) < 4.78 is 3.82. The van der Waals surface area contributed by atoms with E-state index >= 15 is 0 Å². The first-order valence-corrected chi connectivity index (χ1v) is 13.8. The average Bonchev–Trinajstić information content (AvgIpc) is 3.42. The maximum atomic E-state index is 12.6. The van der Waals surface area contributed by atoms with Crippen molar-refractivity contribution in [1.29, 1.82) is 0 Å². The van der Waals surface area contributed by atoms with Gasteiger partial charge in [0.15, 0.2) is 0 Å². The number of rotatable bonds is 5. The molecule has 0 unspecified atom stereocenters. The van der Waals surface area contributed by atoms with Gasteiger partial charge in [-0.05, 0) is 63.1 Å². The van der Waals surface area contributed by atoms with Crippen LogP contribution >= 0.6 is 58.0 Å². The van der Waals surface area contributed by atoms with Crippen molar-refractivity contribution in [3.05, 3.63) is 57.5 Å². The largest absolute Gasteiger partial charge is 0.300 e. The van der Waals surface area contributed by atoms with Crippen LogP contribution < -0.4 is 14.8 Å². The average molecular weight is 519 g/mol. The standard InChI is InChI=1S/C23H22N2O2S5/c1-6-24-14(5)29-17(21(24)26)10-15-8-12(3)19(30-15)20-13(4)9-16(31-20)11-18-22(27)25(7-2)23(28)32-18/h8-11H,5-7H2,1-4H3/b17-10-,18-11-. The Morgan fingerprint density at radius 3 is 2.06 bits per heavy atom. The Balaban J connectivity index is 1.70. The lowest BCUT2D eigenvalue weighted by molar-refractivity contribution is -0.121. The minimum absolute atomic E-state index is 0.0160. The van der Waals surface area contributed by atoms with Crippen LogP contribution in [0.4, 0.5) is 0 Å². The fraction of sp³-hybridized carbons (Fsp3) is 0.261. The fourth-order valence-corrected chi connectivity index (χ4v) is 8.50. The second-order valence-corrected chi connectivity index (χ2v) is 12.3. The molecule has 0 aliphatic carbocycles. The summed E-state index contributed by atoms with van der Waals surface area (Å²) >= 11 is 11.5. The van der Waals surface area contributed by atoms with Crippen LogP contribution in [0.3, 0.4) is 0 Å². The molecule has 0 aromatic carbocycles. The summed E-state index contributed by atoms with van der Waals surface area (Å²) in [4.78, 5) is 31.9. The fourth-order valence-electron chi connectivity index (χ4n) is 3.52. The number of likely N-dealkylation sites (N-methyl/N-ethyl adjacent to an activating group) is 1. The van der Waals surface area contributed by atoms with Crippen LogP contribution in [0.2, 0.25) is 0 Å². The number of thiocarbonyl (C=S) groups is 1. The molecular formula is C23H22N2O2S5. The molecule has 0 radical (unpaired) electrons. The Labute approximate surface area is 208 Å². The lowest BCUT2D eigenvalue weighted by Crippen LogP contribution is -2.30. The smallest absolute Gasteiger partial charge is 0.269 e. The number of hydrogen-bond donors (Lipinski definition) is 0. The van der Waals surface area contributed by atoms with E-state index < -0.39 is 0 Å². The number of thiazole rings is 1. The molecule has 4 heterocycles. The van der Waals surface area contributed by atoms with Crippen molar-refractivity contribution in [2.45, 2.75) is 34.2 Å². The third-order valence-corrected chi connectivity index (χ3v) is 10.00. The molecular weight excluding hydrogens is 497 g/mol. The summed E-state index contributed by atoms with van der Waals surface area (Å²) in [6.45, 7) is 13.3. The van der Waals surface area contributed by atoms with Crippen molar-refractivity contribution in [2.75, 3.05) is 6.54 Å². The van der Waals surface area contributed by atoms with Crippen LogP contribution in [0.1, 0.15) is 34.7 Å². The van der Waals surface area contributed by atoms with Gasteiger partial charge in [0.25, 0.3) is 11.5 Å². The first-order chi connectivity index (χ1) is 15.2. The predicted octanol–water partition coefficient (Wildman–Crippen LogP) is 4.80. The zero-order chi connectivity index (χ0) is 23.2. The number of nitrogens with zero attached hydrogens (tertiary/aromatic N) is 2. The summed E-state index contributed by atoms with van der Waals surface area (Å²) in [5.41, 5.74) is 2.37. The minimum Gasteiger partial charge on any atom is -0.300 e. The van der Waals surface area contributed by atoms with E-state index in [1.807, 2.05) is 26.0 Å². The third-order valence-electron chi connectivity index (χ3n) is 5.12. The van der Waals surface area contributed by atoms with E-state index in [1.165, 1.54) is 44.0 Å². The zero-order valence-corrected chi connectivity index (χ0v) is 22.3. The minimum atomic E-state index is -0.0160. The topological polar surface area (TPSA) is 42.3 Å². The second-order valence-electron chi connectivity index (χ2n) is 7.30. The molecule has 1 amide bonds. The SMILES string of the molecule is C=c1s/c(=C\c2cc(C)c(-c3sc(/C=C4\SC(=S)N(CC)C4=O)cc3C)s2)c(=O)n1CC. The molecule has 1 saturated heterocycles. The third kappa shape index (κ3) is 4.24. The zero-order valence-electron chi connectivity index (χ0n) is 18.2. The van der Waals surface area contributed by atoms with Crippen LogP contribution in [-0.2, 0) is 11.3 Å². The maximum absolute atomic E-state index is 12.6. The van der Waals surface area contributed by atoms with Crippen molar-refractivity contribution < 1.29 is 4.79 Å². The predicted molar refractivity (Wildman–Crippen MR) is 145 cm³/mol. The van der Waals surface area contributed by atoms with Gasteiger partial charge in [0.2, 0.25) is 0 Å². The number of aryl methyl sites for hydroxylation is 2. The Morgan fingerprint density at radius 1 is 0.969 bits per heavy atom. The molecule has 3 aromatic heterocycles. The summed E-state index contributed by atoms with van der Waals surface area (Å²) in [6, 6.07) is 4.25. The summed E-state index contributed by atoms with van der Waals surface area (Å²) in [7, 11) is 0. The van der Waals surface area contributed by atoms with E-state index in [0.717, 1.165) is 14.4 Å². The van der Waals surface area contributed by atoms with E-state index in [0.29, 0.717) is 26.8 Å². The summed E-state index contributed by atoms with van der Waals surface area (Å²) in [5, 5.41) is 0. The number of aromatic nitrogens is 1. The van der Waals surface area contributed by atoms with E-state index in [9.17, 15) is 9.59 Å². The number of carbonyl (C=O) groups excluding carboxylic acids is 1. The monoisotopic (exact) mass is 518 g/mol. The van der Waals surface area contributed by atoms with Crippen LogP contribution in [0.25, 0.3) is 28.5 Å². The van der Waals surface area contributed by atoms with Crippen LogP contribution in [0, 0.1) is 13.8 Å². The molecule has 4 nitrogen and oxygen atoms in total. The summed E-state index contributed by atoms with van der Waals surface area (Å²) in [6.07, 6.45) is 3.91. The summed E-state index contributed by atoms with van der Waals surface area (Å²) in [5.74, 6) is -0.0160. The van der Waals surface area contributed by atoms with Gasteiger partial charge < -0.3 is 0 Å². The lowest BCUT2D eigenvalue weighted by atomic mass is 10.2. The van der Waals surface area contributed by atoms with Gasteiger partial charge in [-0.3, -0.25) is 19.1 Å². The second kappa shape index (κ2) is 9.23. The molecule has 0 N–H and O–H groups in total. The van der Waals surface area contributed by atoms with Crippen molar-refractivity contribution in [2.24, 2.45) is 0 Å². The number of amides is 1. The Bertz CT molecular complexity index is 1430. The highest BCUT2D eigenvalue weighted by atomic mass is 32.2. The van der Waals surface area contributed by atoms with Crippen LogP contribution in [-0.4, -0.2) is 26.2 Å². The molecule has 32 heavy (non-hydrogen) atoms. The van der Waals surface area contributed by atoms with E-state index in [1.54, 1.807) is 32.1 Å². The Morgan fingerprint density at radius 2 is 1.56 bits per heavy atom. The van der Waals surface area contributed by atoms with E-state index in [4.69, 9.17) is 12.2 Å². The van der Waals surface area contributed by atoms with Gasteiger partial charge in [-0.2, -0.15) is 0 Å². The highest BCUT2D eigenvalue weighted by Crippen LogP contribution is 2.41. The van der Waals surface area contributed by atoms with Crippen LogP contribution in [0.5, 0.6) is 0 Å². The van der Waals surface area contributed by atoms with Crippen molar-refractivity contribution in [3.63, 3.8) is 0 Å². The normalized spacial score (nSPS) is 16.2. The number of carbonyl (C=O) groups is 1.